The molecule has 2 unspecified atom stereocenters. The van der Waals surface area contributed by atoms with Gasteiger partial charge < -0.3 is 19.4 Å². The Morgan fingerprint density at radius 1 is 1.11 bits per heavy atom. The van der Waals surface area contributed by atoms with Crippen LogP contribution in [-0.4, -0.2) is 76.7 Å². The van der Waals surface area contributed by atoms with E-state index >= 15 is 4.39 Å². The molecule has 3 fully saturated rings. The minimum atomic E-state index is -0.771. The molecule has 3 aromatic rings. The maximum absolute atomic E-state index is 15.2. The lowest BCUT2D eigenvalue weighted by Crippen LogP contribution is -2.58. The molecule has 4 aliphatic rings. The SMILES string of the molecule is C=CC(=O)N1C[C@H](C)N(c2nc(=O)n3c4c(c(-c5ccc(F)cc5F)c(Cl)cc24)OC[C@H]3CCCN2CC3CCC(C3)C2)C[C@H]1C. The zero-order chi connectivity index (χ0) is 32.3. The van der Waals surface area contributed by atoms with Gasteiger partial charge in [0.15, 0.2) is 5.75 Å². The number of fused-ring (bicyclic) bond motifs is 2. The summed E-state index contributed by atoms with van der Waals surface area (Å²) >= 11 is 6.90. The Balaban J connectivity index is 1.30. The molecule has 7 rings (SSSR count). The van der Waals surface area contributed by atoms with E-state index < -0.39 is 17.3 Å². The zero-order valence-electron chi connectivity index (χ0n) is 26.4. The molecule has 1 saturated carbocycles. The number of likely N-dealkylation sites (tertiary alicyclic amines) is 1. The largest absolute Gasteiger partial charge is 0.488 e. The second kappa shape index (κ2) is 12.3. The van der Waals surface area contributed by atoms with Crippen LogP contribution in [0, 0.1) is 23.5 Å². The molecule has 5 atom stereocenters. The molecule has 244 valence electrons. The van der Waals surface area contributed by atoms with Gasteiger partial charge in [-0.15, -0.1) is 0 Å². The summed E-state index contributed by atoms with van der Waals surface area (Å²) in [6.45, 7) is 11.9. The highest BCUT2D eigenvalue weighted by Gasteiger charge is 2.37. The number of anilines is 1. The number of rotatable bonds is 7. The number of piperazine rings is 1. The first-order valence-corrected chi connectivity index (χ1v) is 16.8. The van der Waals surface area contributed by atoms with Crippen LogP contribution >= 0.6 is 11.6 Å². The summed E-state index contributed by atoms with van der Waals surface area (Å²) in [5.41, 5.74) is 0.472. The molecule has 3 aliphatic heterocycles. The van der Waals surface area contributed by atoms with Crippen LogP contribution in [-0.2, 0) is 4.79 Å². The van der Waals surface area contributed by atoms with Crippen molar-refractivity contribution in [1.82, 2.24) is 19.4 Å². The fourth-order valence-electron chi connectivity index (χ4n) is 8.33. The molecule has 0 N–H and O–H groups in total. The molecule has 2 bridgehead atoms. The van der Waals surface area contributed by atoms with Crippen molar-refractivity contribution in [2.75, 3.05) is 44.2 Å². The number of amides is 1. The molecule has 1 amide bonds. The van der Waals surface area contributed by atoms with Gasteiger partial charge >= 0.3 is 5.69 Å². The second-order valence-electron chi connectivity index (χ2n) is 13.6. The number of piperidine rings is 1. The van der Waals surface area contributed by atoms with Crippen LogP contribution in [0.3, 0.4) is 0 Å². The average molecular weight is 652 g/mol. The number of halogens is 3. The van der Waals surface area contributed by atoms with Crippen LogP contribution in [0.4, 0.5) is 14.6 Å². The van der Waals surface area contributed by atoms with Gasteiger partial charge in [0.25, 0.3) is 0 Å². The third-order valence-electron chi connectivity index (χ3n) is 10.5. The van der Waals surface area contributed by atoms with E-state index in [0.29, 0.717) is 35.6 Å². The van der Waals surface area contributed by atoms with Gasteiger partial charge in [-0.2, -0.15) is 4.98 Å². The molecule has 11 heteroatoms. The summed E-state index contributed by atoms with van der Waals surface area (Å²) in [6.07, 6.45) is 6.95. The van der Waals surface area contributed by atoms with Gasteiger partial charge in [-0.05, 0) is 88.6 Å². The number of ether oxygens (including phenoxy) is 1. The number of carbonyl (C=O) groups is 1. The van der Waals surface area contributed by atoms with Crippen molar-refractivity contribution in [3.05, 3.63) is 64.1 Å². The van der Waals surface area contributed by atoms with Crippen molar-refractivity contribution in [3.63, 3.8) is 0 Å². The number of benzene rings is 2. The summed E-state index contributed by atoms with van der Waals surface area (Å²) < 4.78 is 37.3. The van der Waals surface area contributed by atoms with E-state index in [-0.39, 0.29) is 46.8 Å². The van der Waals surface area contributed by atoms with E-state index in [1.54, 1.807) is 15.5 Å². The zero-order valence-corrected chi connectivity index (χ0v) is 27.1. The third kappa shape index (κ3) is 5.47. The molecular formula is C35H40ClF2N5O3. The van der Waals surface area contributed by atoms with Crippen molar-refractivity contribution >= 4 is 34.2 Å². The maximum Gasteiger partial charge on any atom is 0.350 e. The number of carbonyl (C=O) groups excluding carboxylic acids is 1. The Labute approximate surface area is 272 Å². The van der Waals surface area contributed by atoms with Gasteiger partial charge in [-0.3, -0.25) is 9.36 Å². The van der Waals surface area contributed by atoms with Gasteiger partial charge in [0.05, 0.1) is 16.6 Å². The molecule has 2 saturated heterocycles. The predicted molar refractivity (Wildman–Crippen MR) is 176 cm³/mol. The summed E-state index contributed by atoms with van der Waals surface area (Å²) in [5.74, 6) is 0.732. The third-order valence-corrected chi connectivity index (χ3v) is 10.8. The Bertz CT molecular complexity index is 1750. The van der Waals surface area contributed by atoms with E-state index in [0.717, 1.165) is 50.4 Å². The van der Waals surface area contributed by atoms with E-state index in [4.69, 9.17) is 16.3 Å². The quantitative estimate of drug-likeness (QED) is 0.290. The van der Waals surface area contributed by atoms with Gasteiger partial charge in [0, 0.05) is 60.8 Å². The molecule has 46 heavy (non-hydrogen) atoms. The van der Waals surface area contributed by atoms with E-state index in [9.17, 15) is 14.0 Å². The van der Waals surface area contributed by atoms with E-state index in [2.05, 4.69) is 16.5 Å². The van der Waals surface area contributed by atoms with Crippen LogP contribution in [0.1, 0.15) is 52.0 Å². The van der Waals surface area contributed by atoms with Crippen LogP contribution in [0.5, 0.6) is 5.75 Å². The lowest BCUT2D eigenvalue weighted by Gasteiger charge is -2.45. The highest BCUT2D eigenvalue weighted by molar-refractivity contribution is 6.35. The lowest BCUT2D eigenvalue weighted by molar-refractivity contribution is -0.128. The summed E-state index contributed by atoms with van der Waals surface area (Å²) in [7, 11) is 0. The molecule has 4 heterocycles. The van der Waals surface area contributed by atoms with E-state index in [1.807, 2.05) is 18.7 Å². The fourth-order valence-corrected chi connectivity index (χ4v) is 8.63. The average Bonchev–Trinajstić information content (AvgIpc) is 3.37. The lowest BCUT2D eigenvalue weighted by atomic mass is 9.97. The highest BCUT2D eigenvalue weighted by Crippen LogP contribution is 2.48. The first-order chi connectivity index (χ1) is 22.1. The maximum atomic E-state index is 15.2. The summed E-state index contributed by atoms with van der Waals surface area (Å²) in [6, 6.07) is 4.47. The van der Waals surface area contributed by atoms with Crippen molar-refractivity contribution in [1.29, 1.82) is 0 Å². The van der Waals surface area contributed by atoms with Crippen LogP contribution in [0.2, 0.25) is 5.02 Å². The molecule has 0 radical (unpaired) electrons. The first-order valence-electron chi connectivity index (χ1n) is 16.4. The summed E-state index contributed by atoms with van der Waals surface area (Å²) in [4.78, 5) is 37.6. The Morgan fingerprint density at radius 3 is 2.59 bits per heavy atom. The summed E-state index contributed by atoms with van der Waals surface area (Å²) in [5, 5.41) is 0.825. The van der Waals surface area contributed by atoms with E-state index in [1.165, 1.54) is 37.5 Å². The van der Waals surface area contributed by atoms with Crippen LogP contribution < -0.4 is 15.3 Å². The standard InChI is InChI=1S/C35H40ClF2N5O3/c1-4-30(44)41-15-21(3)42(16-20(41)2)34-27-14-28(36)31(26-10-9-24(37)13-29(26)38)33-32(27)43(35(45)39-34)25(19-46-33)6-5-11-40-17-22-7-8-23(12-22)18-40/h4,9-10,13-14,20-23,25H,1,5-8,11-12,15-19H2,2-3H3/t20-,21+,22?,23?,25-/m1/s1. The molecule has 2 aromatic carbocycles. The molecule has 0 spiro atoms. The number of hydrogen-bond donors (Lipinski definition) is 0. The Hall–Kier alpha value is -3.50. The predicted octanol–water partition coefficient (Wildman–Crippen LogP) is 6.05. The smallest absolute Gasteiger partial charge is 0.350 e. The van der Waals surface area contributed by atoms with Gasteiger partial charge in [0.1, 0.15) is 24.1 Å². The van der Waals surface area contributed by atoms with Crippen molar-refractivity contribution < 1.29 is 18.3 Å². The minimum Gasteiger partial charge on any atom is -0.488 e. The van der Waals surface area contributed by atoms with Crippen LogP contribution in [0.15, 0.2) is 41.7 Å². The molecule has 1 aromatic heterocycles. The normalized spacial score (nSPS) is 26.0. The van der Waals surface area contributed by atoms with Crippen molar-refractivity contribution in [3.8, 4) is 16.9 Å². The van der Waals surface area contributed by atoms with Crippen molar-refractivity contribution in [2.24, 2.45) is 11.8 Å². The first kappa shape index (κ1) is 31.1. The minimum absolute atomic E-state index is 0.0948. The molecular weight excluding hydrogens is 612 g/mol. The Morgan fingerprint density at radius 2 is 1.87 bits per heavy atom. The fraction of sp³-hybridized carbons (Fsp3) is 0.514. The Kier molecular flexibility index (Phi) is 8.30. The van der Waals surface area contributed by atoms with Crippen LogP contribution in [0.25, 0.3) is 22.0 Å². The molecule has 1 aliphatic carbocycles. The van der Waals surface area contributed by atoms with Gasteiger partial charge in [-0.1, -0.05) is 18.2 Å². The molecule has 8 nitrogen and oxygen atoms in total. The second-order valence-corrected chi connectivity index (χ2v) is 14.0. The monoisotopic (exact) mass is 651 g/mol. The topological polar surface area (TPSA) is 70.9 Å². The number of nitrogens with zero attached hydrogens (tertiary/aromatic N) is 5. The van der Waals surface area contributed by atoms with Crippen molar-refractivity contribution in [2.45, 2.75) is 64.1 Å². The van der Waals surface area contributed by atoms with Gasteiger partial charge in [-0.25, -0.2) is 13.6 Å². The van der Waals surface area contributed by atoms with Gasteiger partial charge in [0.2, 0.25) is 5.91 Å². The number of hydrogen-bond acceptors (Lipinski definition) is 6. The highest BCUT2D eigenvalue weighted by atomic mass is 35.5. The number of aromatic nitrogens is 2.